The van der Waals surface area contributed by atoms with Crippen molar-refractivity contribution < 1.29 is 17.9 Å². The van der Waals surface area contributed by atoms with Gasteiger partial charge in [-0.3, -0.25) is 9.69 Å². The number of hydrogen-bond acceptors (Lipinski definition) is 7. The first-order valence-corrected chi connectivity index (χ1v) is 14.0. The van der Waals surface area contributed by atoms with Gasteiger partial charge in [-0.1, -0.05) is 30.3 Å². The maximum Gasteiger partial charge on any atom is 0.237 e. The average Bonchev–Trinajstić information content (AvgIpc) is 3.33. The highest BCUT2D eigenvalue weighted by molar-refractivity contribution is 7.91. The fourth-order valence-corrected chi connectivity index (χ4v) is 6.81. The molecule has 0 spiro atoms. The first-order chi connectivity index (χ1) is 17.0. The van der Waals surface area contributed by atoms with Gasteiger partial charge in [-0.15, -0.1) is 0 Å². The predicted octanol–water partition coefficient (Wildman–Crippen LogP) is 1.31. The zero-order valence-electron chi connectivity index (χ0n) is 19.9. The minimum Gasteiger partial charge on any atom is -0.379 e. The number of amides is 1. The summed E-state index contributed by atoms with van der Waals surface area (Å²) in [6.45, 7) is 5.84. The molecule has 0 aliphatic carbocycles. The Morgan fingerprint density at radius 1 is 1.09 bits per heavy atom. The van der Waals surface area contributed by atoms with Crippen LogP contribution in [-0.4, -0.2) is 70.7 Å². The Hall–Kier alpha value is -2.30. The van der Waals surface area contributed by atoms with Gasteiger partial charge in [0.15, 0.2) is 0 Å². The van der Waals surface area contributed by atoms with E-state index in [-0.39, 0.29) is 16.8 Å². The van der Waals surface area contributed by atoms with Crippen molar-refractivity contribution in [3.05, 3.63) is 59.7 Å². The highest BCUT2D eigenvalue weighted by Crippen LogP contribution is 2.27. The summed E-state index contributed by atoms with van der Waals surface area (Å²) in [5.74, 6) is 0.517. The Labute approximate surface area is 207 Å². The molecule has 2 aromatic carbocycles. The molecule has 3 atom stereocenters. The van der Waals surface area contributed by atoms with Crippen molar-refractivity contribution in [3.8, 4) is 0 Å². The number of carbonyl (C=O) groups is 1. The molecule has 1 amide bonds. The number of nitrogens with zero attached hydrogens (tertiary/aromatic N) is 1. The van der Waals surface area contributed by atoms with Crippen molar-refractivity contribution in [2.24, 2.45) is 5.92 Å². The molecule has 3 aliphatic heterocycles. The number of fused-ring (bicyclic) bond motifs is 1. The molecule has 35 heavy (non-hydrogen) atoms. The Kier molecular flexibility index (Phi) is 7.50. The summed E-state index contributed by atoms with van der Waals surface area (Å²) >= 11 is 0. The number of carbonyl (C=O) groups excluding carboxylic acids is 1. The largest absolute Gasteiger partial charge is 0.379 e. The van der Waals surface area contributed by atoms with E-state index in [0.717, 1.165) is 50.1 Å². The molecule has 0 radical (unpaired) electrons. The monoisotopic (exact) mass is 498 g/mol. The Morgan fingerprint density at radius 2 is 1.86 bits per heavy atom. The summed E-state index contributed by atoms with van der Waals surface area (Å²) in [6.07, 6.45) is 1.91. The number of sulfone groups is 1. The van der Waals surface area contributed by atoms with Gasteiger partial charge in [0.25, 0.3) is 0 Å². The molecule has 0 saturated carbocycles. The number of piperidine rings is 1. The second-order valence-corrected chi connectivity index (χ2v) is 11.6. The van der Waals surface area contributed by atoms with Crippen molar-refractivity contribution in [1.29, 1.82) is 0 Å². The van der Waals surface area contributed by atoms with Gasteiger partial charge >= 0.3 is 0 Å². The van der Waals surface area contributed by atoms with Crippen molar-refractivity contribution in [3.63, 3.8) is 0 Å². The van der Waals surface area contributed by atoms with E-state index in [9.17, 15) is 13.2 Å². The van der Waals surface area contributed by atoms with E-state index < -0.39 is 9.84 Å². The average molecular weight is 499 g/mol. The normalized spacial score (nSPS) is 25.2. The summed E-state index contributed by atoms with van der Waals surface area (Å²) in [6, 6.07) is 14.3. The fourth-order valence-electron chi connectivity index (χ4n) is 5.32. The van der Waals surface area contributed by atoms with Crippen molar-refractivity contribution in [1.82, 2.24) is 20.9 Å². The molecule has 0 bridgehead atoms. The van der Waals surface area contributed by atoms with Crippen LogP contribution < -0.4 is 16.0 Å². The van der Waals surface area contributed by atoms with Crippen LogP contribution in [0.5, 0.6) is 0 Å². The number of nitrogens with one attached hydrogen (secondary N) is 3. The lowest BCUT2D eigenvalue weighted by Gasteiger charge is -2.27. The summed E-state index contributed by atoms with van der Waals surface area (Å²) in [5, 5.41) is 9.88. The molecule has 9 heteroatoms. The van der Waals surface area contributed by atoms with Crippen molar-refractivity contribution >= 4 is 15.7 Å². The molecule has 3 saturated heterocycles. The van der Waals surface area contributed by atoms with Crippen LogP contribution in [-0.2, 0) is 32.5 Å². The smallest absolute Gasteiger partial charge is 0.237 e. The van der Waals surface area contributed by atoms with Crippen LogP contribution in [0.1, 0.15) is 24.0 Å². The topological polar surface area (TPSA) is 99.8 Å². The van der Waals surface area contributed by atoms with Gasteiger partial charge in [0.1, 0.15) is 0 Å². The van der Waals surface area contributed by atoms with E-state index in [1.54, 1.807) is 36.4 Å². The van der Waals surface area contributed by atoms with Crippen LogP contribution in [0.15, 0.2) is 58.3 Å². The van der Waals surface area contributed by atoms with E-state index >= 15 is 0 Å². The van der Waals surface area contributed by atoms with Gasteiger partial charge in [-0.2, -0.15) is 0 Å². The molecule has 8 nitrogen and oxygen atoms in total. The maximum absolute atomic E-state index is 13.4. The lowest BCUT2D eigenvalue weighted by atomic mass is 9.94. The van der Waals surface area contributed by atoms with E-state index in [2.05, 4.69) is 20.9 Å². The number of morpholine rings is 1. The lowest BCUT2D eigenvalue weighted by Crippen LogP contribution is -2.45. The zero-order valence-corrected chi connectivity index (χ0v) is 20.7. The van der Waals surface area contributed by atoms with Crippen LogP contribution >= 0.6 is 0 Å². The highest BCUT2D eigenvalue weighted by atomic mass is 32.2. The summed E-state index contributed by atoms with van der Waals surface area (Å²) in [7, 11) is -3.65. The van der Waals surface area contributed by atoms with Crippen LogP contribution in [0.4, 0.5) is 0 Å². The molecule has 3 fully saturated rings. The molecular formula is C26H34N4O4S. The molecule has 2 aromatic rings. The Morgan fingerprint density at radius 3 is 2.63 bits per heavy atom. The summed E-state index contributed by atoms with van der Waals surface area (Å²) < 4.78 is 32.3. The van der Waals surface area contributed by atoms with Gasteiger partial charge in [-0.25, -0.2) is 8.42 Å². The summed E-state index contributed by atoms with van der Waals surface area (Å²) in [5.41, 5.74) is 1.67. The molecule has 188 valence electrons. The molecule has 0 aromatic heterocycles. The lowest BCUT2D eigenvalue weighted by molar-refractivity contribution is -0.123. The van der Waals surface area contributed by atoms with E-state index in [4.69, 9.17) is 4.74 Å². The minimum atomic E-state index is -3.65. The van der Waals surface area contributed by atoms with Crippen molar-refractivity contribution in [2.75, 3.05) is 39.4 Å². The van der Waals surface area contributed by atoms with Crippen LogP contribution in [0, 0.1) is 5.92 Å². The van der Waals surface area contributed by atoms with Crippen LogP contribution in [0.2, 0.25) is 0 Å². The third kappa shape index (κ3) is 5.59. The second-order valence-electron chi connectivity index (χ2n) is 9.68. The number of ether oxygens (including phenoxy) is 1. The van der Waals surface area contributed by atoms with E-state index in [1.807, 2.05) is 12.1 Å². The number of benzene rings is 2. The van der Waals surface area contributed by atoms with E-state index in [1.165, 1.54) is 0 Å². The molecular weight excluding hydrogens is 464 g/mol. The van der Waals surface area contributed by atoms with E-state index in [0.29, 0.717) is 43.2 Å². The van der Waals surface area contributed by atoms with Gasteiger partial charge in [-0.05, 0) is 61.2 Å². The van der Waals surface area contributed by atoms with Gasteiger partial charge in [0.2, 0.25) is 15.7 Å². The standard InChI is InChI=1S/C26H34N4O4S/c31-26(24-15-21-17-27-10-9-23(21)29-24)28-16-19-5-7-22(8-6-19)35(32,33)25-4-2-1-3-20(25)18-30-11-13-34-14-12-30/h1-8,21,23-24,27,29H,9-18H2,(H,28,31). The molecule has 3 N–H and O–H groups in total. The highest BCUT2D eigenvalue weighted by Gasteiger charge is 2.38. The number of rotatable bonds is 7. The van der Waals surface area contributed by atoms with Gasteiger partial charge < -0.3 is 20.7 Å². The first-order valence-electron chi connectivity index (χ1n) is 12.5. The second kappa shape index (κ2) is 10.8. The Balaban J connectivity index is 1.22. The molecule has 3 unspecified atom stereocenters. The zero-order chi connectivity index (χ0) is 24.3. The fraction of sp³-hybridized carbons (Fsp3) is 0.500. The third-order valence-electron chi connectivity index (χ3n) is 7.34. The third-order valence-corrected chi connectivity index (χ3v) is 9.21. The summed E-state index contributed by atoms with van der Waals surface area (Å²) in [4.78, 5) is 15.5. The predicted molar refractivity (Wildman–Crippen MR) is 133 cm³/mol. The minimum absolute atomic E-state index is 0.00754. The molecule has 3 heterocycles. The first kappa shape index (κ1) is 24.4. The van der Waals surface area contributed by atoms with Gasteiger partial charge in [0, 0.05) is 32.2 Å². The maximum atomic E-state index is 13.4. The SMILES string of the molecule is O=C(NCc1ccc(S(=O)(=O)c2ccccc2CN2CCOCC2)cc1)C1CC2CNCCC2N1. The van der Waals surface area contributed by atoms with Crippen LogP contribution in [0.3, 0.4) is 0 Å². The Bertz CT molecular complexity index is 1120. The molecule has 3 aliphatic rings. The van der Waals surface area contributed by atoms with Gasteiger partial charge in [0.05, 0.1) is 29.0 Å². The van der Waals surface area contributed by atoms with Crippen LogP contribution in [0.25, 0.3) is 0 Å². The van der Waals surface area contributed by atoms with Crippen molar-refractivity contribution in [2.45, 2.75) is 47.8 Å². The number of hydrogen-bond donors (Lipinski definition) is 3. The molecule has 5 rings (SSSR count). The quantitative estimate of drug-likeness (QED) is 0.529.